The molecule has 7 heterocycles. The van der Waals surface area contributed by atoms with Gasteiger partial charge in [0.2, 0.25) is 23.6 Å². The average molecular weight is 1600 g/mol. The van der Waals surface area contributed by atoms with Gasteiger partial charge in [-0.1, -0.05) is 0 Å². The standard InChI is InChI=1S/C60H98N4O45/c1-16(72)61-30-20(76)6-58(55(90)91,105-46(30)34(81)23(79)9-65)104-27(13-69)38(85)48-32(63-18(3)74)22(78)8-60(107-48,57(94)95)109-50-42(89)54(101-43-28(14-70)99-52(96-5)40(87)39(43)86)100-29(15-71)44(50)102-51-33(64-19(4)75)45(36(83)25(11-67)97-51)103-53-41(88)49(37(84)26(12-68)98-53)108-59(56(92)93)7-21(77)31(62-17(2)73)47(106-59)35(82)24(80)10-66/h20-54,65-71,76-89H,6-15H2,1-5H3,(H,61,72)(H,62,73)(H,63,74)(H,64,75)(H,90,91)(H,92,93)(H,94,95)/t20-,21-,22-,23?,24?,25?,26?,27?,28?,29?,30+,31+,32-,33?,34?,35?,36+,37+,38?,39-,40?,41?,42?,43-,44+,45-,46?,47?,48?,49+,50-,51+,52-,53+,54+,58-,59+,60+/m1/s1. The monoisotopic (exact) mass is 1590 g/mol. The van der Waals surface area contributed by atoms with E-state index in [1.165, 1.54) is 0 Å². The van der Waals surface area contributed by atoms with E-state index in [1.807, 2.05) is 0 Å². The van der Waals surface area contributed by atoms with Crippen LogP contribution in [0.15, 0.2) is 0 Å². The van der Waals surface area contributed by atoms with E-state index >= 15 is 0 Å². The van der Waals surface area contributed by atoms with E-state index in [4.69, 9.17) is 66.3 Å². The van der Waals surface area contributed by atoms with Crippen molar-refractivity contribution in [3.8, 4) is 0 Å². The number of hydrogen-bond acceptors (Lipinski definition) is 42. The van der Waals surface area contributed by atoms with Gasteiger partial charge in [0.15, 0.2) is 25.2 Å². The van der Waals surface area contributed by atoms with E-state index in [0.29, 0.717) is 0 Å². The van der Waals surface area contributed by atoms with Crippen LogP contribution in [0.25, 0.3) is 0 Å². The summed E-state index contributed by atoms with van der Waals surface area (Å²) in [5.74, 6) is -21.4. The number of carboxylic acids is 3. The summed E-state index contributed by atoms with van der Waals surface area (Å²) in [6.07, 6.45) is -76.4. The summed E-state index contributed by atoms with van der Waals surface area (Å²) >= 11 is 0. The number of carbonyl (C=O) groups is 7. The summed E-state index contributed by atoms with van der Waals surface area (Å²) in [5.41, 5.74) is 0. The lowest BCUT2D eigenvalue weighted by atomic mass is 9.87. The molecule has 7 aliphatic heterocycles. The third-order valence-corrected chi connectivity index (χ3v) is 19.3. The van der Waals surface area contributed by atoms with Gasteiger partial charge < -0.3 is 210 Å². The fourth-order valence-electron chi connectivity index (χ4n) is 13.9. The molecule has 49 nitrogen and oxygen atoms in total. The number of methoxy groups -OCH3 is 1. The lowest BCUT2D eigenvalue weighted by Crippen LogP contribution is -2.73. The fraction of sp³-hybridized carbons (Fsp3) is 0.883. The zero-order chi connectivity index (χ0) is 81.5. The Balaban J connectivity index is 1.32. The van der Waals surface area contributed by atoms with Crippen LogP contribution in [0.2, 0.25) is 0 Å². The molecule has 49 heteroatoms. The minimum Gasteiger partial charge on any atom is -0.477 e. The number of hydrogen-bond donors (Lipinski definition) is 28. The molecule has 109 heavy (non-hydrogen) atoms. The highest BCUT2D eigenvalue weighted by atomic mass is 16.8. The van der Waals surface area contributed by atoms with Crippen molar-refractivity contribution in [1.82, 2.24) is 21.3 Å². The van der Waals surface area contributed by atoms with Crippen molar-refractivity contribution >= 4 is 41.5 Å². The molecule has 0 aromatic rings. The summed E-state index contributed by atoms with van der Waals surface area (Å²) in [5, 5.41) is 276. The highest BCUT2D eigenvalue weighted by Gasteiger charge is 2.66. The van der Waals surface area contributed by atoms with Crippen LogP contribution in [0, 0.1) is 0 Å². The molecular formula is C60H98N4O45. The summed E-state index contributed by atoms with van der Waals surface area (Å²) < 4.78 is 81.5. The van der Waals surface area contributed by atoms with Gasteiger partial charge in [-0.2, -0.15) is 0 Å². The average Bonchev–Trinajstić information content (AvgIpc) is 0.744. The zero-order valence-electron chi connectivity index (χ0n) is 58.6. The molecule has 0 bridgehead atoms. The van der Waals surface area contributed by atoms with Crippen LogP contribution in [0.5, 0.6) is 0 Å². The van der Waals surface area contributed by atoms with Crippen molar-refractivity contribution in [3.63, 3.8) is 0 Å². The predicted octanol–water partition coefficient (Wildman–Crippen LogP) is -17.4. The van der Waals surface area contributed by atoms with Gasteiger partial charge in [0.25, 0.3) is 17.4 Å². The zero-order valence-corrected chi connectivity index (χ0v) is 58.6. The Morgan fingerprint density at radius 1 is 0.385 bits per heavy atom. The van der Waals surface area contributed by atoms with Crippen LogP contribution >= 0.6 is 0 Å². The molecule has 0 aromatic heterocycles. The molecule has 4 amide bonds. The van der Waals surface area contributed by atoms with Gasteiger partial charge in [-0.3, -0.25) is 19.2 Å². The number of ether oxygens (including phenoxy) is 14. The highest BCUT2D eigenvalue weighted by molar-refractivity contribution is 5.78. The number of aliphatic hydroxyl groups excluding tert-OH is 21. The maximum Gasteiger partial charge on any atom is 0.364 e. The predicted molar refractivity (Wildman–Crippen MR) is 335 cm³/mol. The second-order valence-corrected chi connectivity index (χ2v) is 27.0. The fourth-order valence-corrected chi connectivity index (χ4v) is 13.9. The molecule has 7 fully saturated rings. The molecular weight excluding hydrogens is 1500 g/mol. The molecule has 7 saturated heterocycles. The SMILES string of the molecule is CO[C@@H]1OC(CO)[C@@H](O[C@@H]2OC(CO)[C@H](O[C@@H]3OC(CO)[C@H](O)[C@H](O[C@@H]4OC(CO)[C@H](O)[C@H](O[C@]5(C(=O)O)C[C@@H](O)[C@H](NC(C)=O)C(C(O)C(O)CO)O5)C4O)C3NC(C)=O)[C@H](O[C@]3(C(=O)O)C[C@@H](O)[C@@H](NC(C)=O)C(C(O)C(CO)O[C@]4(C(=O)O)C[C@@H](O)[C@H](NC(C)=O)C(C(O)C(O)CO)O4)O3)C2O)[C@H](O)C1O. The number of amides is 4. The van der Waals surface area contributed by atoms with Gasteiger partial charge in [0, 0.05) is 54.1 Å². The first-order valence-corrected chi connectivity index (χ1v) is 33.9. The maximum absolute atomic E-state index is 14.2. The molecule has 0 aromatic carbocycles. The first kappa shape index (κ1) is 91.1. The second kappa shape index (κ2) is 38.4. The lowest BCUT2D eigenvalue weighted by Gasteiger charge is -2.53. The Bertz CT molecular complexity index is 3030. The molecule has 17 unspecified atom stereocenters. The third kappa shape index (κ3) is 19.8. The first-order chi connectivity index (χ1) is 51.1. The van der Waals surface area contributed by atoms with E-state index in [1.54, 1.807) is 0 Å². The lowest BCUT2D eigenvalue weighted by molar-refractivity contribution is -0.405. The quantitative estimate of drug-likeness (QED) is 0.0290. The Kier molecular flexibility index (Phi) is 32.0. The first-order valence-electron chi connectivity index (χ1n) is 33.9. The van der Waals surface area contributed by atoms with Gasteiger partial charge in [-0.05, 0) is 0 Å². The van der Waals surface area contributed by atoms with Gasteiger partial charge >= 0.3 is 17.9 Å². The number of nitrogens with one attached hydrogen (secondary N) is 4. The molecule has 0 saturated carbocycles. The van der Waals surface area contributed by atoms with Crippen molar-refractivity contribution in [2.75, 3.05) is 53.4 Å². The second-order valence-electron chi connectivity index (χ2n) is 27.0. The van der Waals surface area contributed by atoms with E-state index in [2.05, 4.69) is 21.3 Å². The van der Waals surface area contributed by atoms with Crippen LogP contribution in [0.3, 0.4) is 0 Å². The van der Waals surface area contributed by atoms with Crippen LogP contribution in [0.1, 0.15) is 47.0 Å². The van der Waals surface area contributed by atoms with Crippen molar-refractivity contribution in [2.45, 2.75) is 278 Å². The van der Waals surface area contributed by atoms with Gasteiger partial charge in [0.05, 0.1) is 82.7 Å². The number of aliphatic carboxylic acids is 3. The van der Waals surface area contributed by atoms with Crippen LogP contribution in [-0.4, -0.2) is 449 Å². The molecule has 7 rings (SSSR count). The van der Waals surface area contributed by atoms with Gasteiger partial charge in [-0.15, -0.1) is 0 Å². The highest BCUT2D eigenvalue weighted by Crippen LogP contribution is 2.44. The third-order valence-electron chi connectivity index (χ3n) is 19.3. The van der Waals surface area contributed by atoms with Crippen molar-refractivity contribution in [2.24, 2.45) is 0 Å². The molecule has 0 radical (unpaired) electrons. The van der Waals surface area contributed by atoms with E-state index in [9.17, 15) is 156 Å². The van der Waals surface area contributed by atoms with E-state index in [-0.39, 0.29) is 0 Å². The largest absolute Gasteiger partial charge is 0.477 e. The minimum absolute atomic E-state index is 0.819. The Hall–Kier alpha value is -5.11. The molecule has 628 valence electrons. The van der Waals surface area contributed by atoms with E-state index < -0.39 is 339 Å². The summed E-state index contributed by atoms with van der Waals surface area (Å²) in [6, 6.07) is -7.98. The minimum atomic E-state index is -3.74. The molecule has 38 atom stereocenters. The normalized spacial score (nSPS) is 43.1. The van der Waals surface area contributed by atoms with Crippen molar-refractivity contribution < 1.29 is 222 Å². The molecule has 0 spiro atoms. The molecule has 0 aliphatic carbocycles. The van der Waals surface area contributed by atoms with Crippen LogP contribution in [-0.2, 0) is 99.9 Å². The molecule has 7 aliphatic rings. The van der Waals surface area contributed by atoms with Gasteiger partial charge in [-0.25, -0.2) is 14.4 Å². The number of rotatable bonds is 33. The summed E-state index contributed by atoms with van der Waals surface area (Å²) in [6.45, 7) is -5.73. The number of carbonyl (C=O) groups excluding carboxylic acids is 4. The van der Waals surface area contributed by atoms with Crippen LogP contribution < -0.4 is 21.3 Å². The number of carboxylic acid groups (broad SMARTS) is 3. The molecule has 28 N–H and O–H groups in total. The Labute approximate surface area is 615 Å². The Morgan fingerprint density at radius 2 is 0.725 bits per heavy atom. The van der Waals surface area contributed by atoms with Crippen molar-refractivity contribution in [3.05, 3.63) is 0 Å². The smallest absolute Gasteiger partial charge is 0.364 e. The van der Waals surface area contributed by atoms with Crippen LogP contribution in [0.4, 0.5) is 0 Å². The summed E-state index contributed by atoms with van der Waals surface area (Å²) in [7, 11) is 1.02. The van der Waals surface area contributed by atoms with Gasteiger partial charge in [0.1, 0.15) is 153 Å². The van der Waals surface area contributed by atoms with Crippen molar-refractivity contribution in [1.29, 1.82) is 0 Å². The van der Waals surface area contributed by atoms with E-state index in [0.717, 1.165) is 34.8 Å². The maximum atomic E-state index is 14.2. The topological polar surface area (TPSA) is 782 Å². The summed E-state index contributed by atoms with van der Waals surface area (Å²) in [4.78, 5) is 91.8. The Morgan fingerprint density at radius 3 is 1.13 bits per heavy atom. The number of aliphatic hydroxyl groups is 21.